The number of nitrogens with one attached hydrogen (secondary N) is 1. The van der Waals surface area contributed by atoms with E-state index in [1.165, 1.54) is 11.3 Å². The molecule has 2 rings (SSSR count). The third kappa shape index (κ3) is 2.69. The largest absolute Gasteiger partial charge is 0.478 e. The normalized spacial score (nSPS) is 29.2. The van der Waals surface area contributed by atoms with Gasteiger partial charge in [-0.25, -0.2) is 4.79 Å². The van der Waals surface area contributed by atoms with Crippen molar-refractivity contribution >= 4 is 17.3 Å². The number of carboxylic acids is 1. The zero-order chi connectivity index (χ0) is 12.6. The van der Waals surface area contributed by atoms with E-state index in [9.17, 15) is 4.79 Å². The molecule has 1 aromatic rings. The molecule has 0 aliphatic carbocycles. The van der Waals surface area contributed by atoms with Crippen molar-refractivity contribution in [2.24, 2.45) is 5.92 Å². The third-order valence-electron chi connectivity index (χ3n) is 3.39. The van der Waals surface area contributed by atoms with Gasteiger partial charge in [0.15, 0.2) is 0 Å². The first-order valence-electron chi connectivity index (χ1n) is 6.07. The molecule has 1 aliphatic rings. The van der Waals surface area contributed by atoms with Crippen LogP contribution >= 0.6 is 11.3 Å². The Morgan fingerprint density at radius 3 is 2.71 bits per heavy atom. The maximum absolute atomic E-state index is 11.0. The number of hydrogen-bond acceptors (Lipinski definition) is 3. The van der Waals surface area contributed by atoms with Crippen LogP contribution in [0.5, 0.6) is 0 Å². The maximum Gasteiger partial charge on any atom is 0.336 e. The van der Waals surface area contributed by atoms with Crippen LogP contribution in [-0.2, 0) is 0 Å². The average molecular weight is 253 g/mol. The average Bonchev–Trinajstić information content (AvgIpc) is 2.59. The number of aryl methyl sites for hydroxylation is 1. The summed E-state index contributed by atoms with van der Waals surface area (Å²) >= 11 is 1.61. The zero-order valence-electron chi connectivity index (χ0n) is 10.5. The Kier molecular flexibility index (Phi) is 3.54. The fourth-order valence-corrected chi connectivity index (χ4v) is 3.76. The summed E-state index contributed by atoms with van der Waals surface area (Å²) in [6.07, 6.45) is 2.30. The molecule has 3 nitrogen and oxygen atoms in total. The van der Waals surface area contributed by atoms with Crippen LogP contribution < -0.4 is 5.32 Å². The molecule has 1 fully saturated rings. The van der Waals surface area contributed by atoms with Crippen molar-refractivity contribution in [2.45, 2.75) is 45.7 Å². The molecule has 2 heterocycles. The van der Waals surface area contributed by atoms with E-state index in [1.54, 1.807) is 11.3 Å². The highest BCUT2D eigenvalue weighted by Gasteiger charge is 2.26. The number of piperidine rings is 1. The highest BCUT2D eigenvalue weighted by Crippen LogP contribution is 2.34. The first kappa shape index (κ1) is 12.6. The zero-order valence-corrected chi connectivity index (χ0v) is 11.3. The van der Waals surface area contributed by atoms with E-state index in [1.807, 2.05) is 13.0 Å². The van der Waals surface area contributed by atoms with Crippen LogP contribution in [-0.4, -0.2) is 17.1 Å². The lowest BCUT2D eigenvalue weighted by Gasteiger charge is -2.32. The lowest BCUT2D eigenvalue weighted by molar-refractivity contribution is 0.0696. The van der Waals surface area contributed by atoms with Gasteiger partial charge in [0.1, 0.15) is 0 Å². The molecule has 0 aromatic carbocycles. The Morgan fingerprint density at radius 1 is 1.47 bits per heavy atom. The second-order valence-corrected chi connectivity index (χ2v) is 6.41. The van der Waals surface area contributed by atoms with E-state index in [0.717, 1.165) is 11.3 Å². The van der Waals surface area contributed by atoms with E-state index < -0.39 is 5.97 Å². The first-order chi connectivity index (χ1) is 7.97. The van der Waals surface area contributed by atoms with E-state index >= 15 is 0 Å². The Bertz CT molecular complexity index is 417. The summed E-state index contributed by atoms with van der Waals surface area (Å²) in [5.41, 5.74) is 0.456. The maximum atomic E-state index is 11.0. The summed E-state index contributed by atoms with van der Waals surface area (Å²) in [4.78, 5) is 13.1. The molecule has 17 heavy (non-hydrogen) atoms. The van der Waals surface area contributed by atoms with Gasteiger partial charge in [-0.3, -0.25) is 0 Å². The number of carboxylic acid groups (broad SMARTS) is 1. The summed E-state index contributed by atoms with van der Waals surface area (Å²) in [6.45, 7) is 6.34. The summed E-state index contributed by atoms with van der Waals surface area (Å²) < 4.78 is 0. The smallest absolute Gasteiger partial charge is 0.336 e. The van der Waals surface area contributed by atoms with Crippen molar-refractivity contribution in [2.75, 3.05) is 0 Å². The molecule has 0 bridgehead atoms. The van der Waals surface area contributed by atoms with Crippen LogP contribution in [0.2, 0.25) is 0 Å². The lowest BCUT2D eigenvalue weighted by Crippen LogP contribution is -2.37. The fourth-order valence-electron chi connectivity index (χ4n) is 2.67. The van der Waals surface area contributed by atoms with Crippen molar-refractivity contribution in [3.8, 4) is 0 Å². The number of thiophene rings is 1. The Labute approximate surface area is 106 Å². The van der Waals surface area contributed by atoms with Crippen molar-refractivity contribution in [3.63, 3.8) is 0 Å². The van der Waals surface area contributed by atoms with Crippen molar-refractivity contribution in [3.05, 3.63) is 21.4 Å². The number of rotatable bonds is 2. The van der Waals surface area contributed by atoms with Crippen LogP contribution in [0.25, 0.3) is 0 Å². The molecule has 1 saturated heterocycles. The molecule has 3 unspecified atom stereocenters. The topological polar surface area (TPSA) is 49.3 Å². The highest BCUT2D eigenvalue weighted by molar-refractivity contribution is 7.12. The van der Waals surface area contributed by atoms with Gasteiger partial charge < -0.3 is 10.4 Å². The molecule has 0 radical (unpaired) electrons. The fraction of sp³-hybridized carbons (Fsp3) is 0.615. The predicted octanol–water partition coefficient (Wildman–Crippen LogP) is 3.20. The molecule has 2 N–H and O–H groups in total. The summed E-state index contributed by atoms with van der Waals surface area (Å²) in [5, 5.41) is 12.6. The van der Waals surface area contributed by atoms with Crippen LogP contribution in [0.3, 0.4) is 0 Å². The van der Waals surface area contributed by atoms with Gasteiger partial charge in [0.25, 0.3) is 0 Å². The molecule has 4 heteroatoms. The number of hydrogen-bond donors (Lipinski definition) is 2. The first-order valence-corrected chi connectivity index (χ1v) is 6.88. The number of carbonyl (C=O) groups is 1. The van der Waals surface area contributed by atoms with Gasteiger partial charge in [0.2, 0.25) is 0 Å². The predicted molar refractivity (Wildman–Crippen MR) is 69.8 cm³/mol. The molecule has 94 valence electrons. The van der Waals surface area contributed by atoms with Gasteiger partial charge >= 0.3 is 5.97 Å². The molecule has 0 amide bonds. The standard InChI is InChI=1S/C13H19NO2S/c1-7-4-8(2)14-11(5-7)12-6-10(13(15)16)9(3)17-12/h6-8,11,14H,4-5H2,1-3H3,(H,15,16). The third-order valence-corrected chi connectivity index (χ3v) is 4.55. The van der Waals surface area contributed by atoms with Crippen molar-refractivity contribution < 1.29 is 9.90 Å². The van der Waals surface area contributed by atoms with Gasteiger partial charge in [-0.15, -0.1) is 11.3 Å². The van der Waals surface area contributed by atoms with E-state index in [0.29, 0.717) is 23.6 Å². The second-order valence-electron chi connectivity index (χ2n) is 5.12. The molecular weight excluding hydrogens is 234 g/mol. The second kappa shape index (κ2) is 4.78. The minimum Gasteiger partial charge on any atom is -0.478 e. The molecule has 0 saturated carbocycles. The lowest BCUT2D eigenvalue weighted by atomic mass is 9.89. The minimum atomic E-state index is -0.818. The van der Waals surface area contributed by atoms with Crippen LogP contribution in [0.15, 0.2) is 6.07 Å². The monoisotopic (exact) mass is 253 g/mol. The molecule has 3 atom stereocenters. The highest BCUT2D eigenvalue weighted by atomic mass is 32.1. The van der Waals surface area contributed by atoms with E-state index in [-0.39, 0.29) is 0 Å². The molecule has 0 spiro atoms. The Hall–Kier alpha value is -0.870. The molecule has 1 aromatic heterocycles. The van der Waals surface area contributed by atoms with Crippen molar-refractivity contribution in [1.29, 1.82) is 0 Å². The Balaban J connectivity index is 2.22. The summed E-state index contributed by atoms with van der Waals surface area (Å²) in [7, 11) is 0. The van der Waals surface area contributed by atoms with Gasteiger partial charge in [-0.2, -0.15) is 0 Å². The van der Waals surface area contributed by atoms with E-state index in [4.69, 9.17) is 5.11 Å². The van der Waals surface area contributed by atoms with Gasteiger partial charge in [-0.05, 0) is 38.7 Å². The number of aromatic carboxylic acids is 1. The summed E-state index contributed by atoms with van der Waals surface area (Å²) in [5.74, 6) is -0.117. The van der Waals surface area contributed by atoms with Gasteiger partial charge in [-0.1, -0.05) is 6.92 Å². The molecule has 1 aliphatic heterocycles. The molecular formula is C13H19NO2S. The SMILES string of the molecule is Cc1sc(C2CC(C)CC(C)N2)cc1C(=O)O. The van der Waals surface area contributed by atoms with Crippen LogP contribution in [0.1, 0.15) is 52.8 Å². The van der Waals surface area contributed by atoms with Crippen molar-refractivity contribution in [1.82, 2.24) is 5.32 Å². The van der Waals surface area contributed by atoms with Gasteiger partial charge in [0.05, 0.1) is 5.56 Å². The summed E-state index contributed by atoms with van der Waals surface area (Å²) in [6, 6.07) is 2.68. The van der Waals surface area contributed by atoms with Crippen LogP contribution in [0, 0.1) is 12.8 Å². The minimum absolute atomic E-state index is 0.325. The quantitative estimate of drug-likeness (QED) is 0.851. The Morgan fingerprint density at radius 2 is 2.18 bits per heavy atom. The van der Waals surface area contributed by atoms with Gasteiger partial charge in [0, 0.05) is 21.8 Å². The van der Waals surface area contributed by atoms with E-state index in [2.05, 4.69) is 19.2 Å². The van der Waals surface area contributed by atoms with Crippen LogP contribution in [0.4, 0.5) is 0 Å².